The van der Waals surface area contributed by atoms with Crippen molar-refractivity contribution >= 4 is 0 Å². The van der Waals surface area contributed by atoms with E-state index in [1.54, 1.807) is 10.6 Å². The molecule has 1 aliphatic rings. The maximum atomic E-state index is 11.9. The molecule has 2 heterocycles. The number of benzene rings is 2. The largest absolute Gasteiger partial charge is 0.494 e. The SMILES string of the molecule is Cc1ccc(=O)n(CCCOc2ccc(CN3CCC[C@](O)(COc4ccccc4)C3)cc2)c1. The number of pyridine rings is 1. The van der Waals surface area contributed by atoms with Gasteiger partial charge in [0.15, 0.2) is 0 Å². The van der Waals surface area contributed by atoms with Crippen molar-refractivity contribution in [3.63, 3.8) is 0 Å². The number of β-amino-alcohol motifs (C(OH)–C–C–N with tert-alkyl or cyclic N) is 1. The number of aryl methyl sites for hydroxylation is 2. The Morgan fingerprint density at radius 2 is 1.74 bits per heavy atom. The first kappa shape index (κ1) is 24.0. The van der Waals surface area contributed by atoms with Gasteiger partial charge >= 0.3 is 0 Å². The first-order chi connectivity index (χ1) is 16.5. The van der Waals surface area contributed by atoms with Crippen molar-refractivity contribution in [2.45, 2.75) is 44.9 Å². The highest BCUT2D eigenvalue weighted by atomic mass is 16.5. The van der Waals surface area contributed by atoms with Gasteiger partial charge in [-0.05, 0) is 68.1 Å². The third-order valence-electron chi connectivity index (χ3n) is 6.16. The third kappa shape index (κ3) is 6.95. The third-order valence-corrected chi connectivity index (χ3v) is 6.16. The summed E-state index contributed by atoms with van der Waals surface area (Å²) in [5.74, 6) is 1.61. The summed E-state index contributed by atoms with van der Waals surface area (Å²) >= 11 is 0. The van der Waals surface area contributed by atoms with Crippen LogP contribution >= 0.6 is 0 Å². The molecule has 1 aliphatic heterocycles. The van der Waals surface area contributed by atoms with E-state index in [1.165, 1.54) is 5.56 Å². The second-order valence-corrected chi connectivity index (χ2v) is 9.22. The van der Waals surface area contributed by atoms with Gasteiger partial charge in [0.25, 0.3) is 5.56 Å². The van der Waals surface area contributed by atoms with Crippen LogP contribution in [0.15, 0.2) is 77.7 Å². The zero-order valence-corrected chi connectivity index (χ0v) is 19.9. The Hall–Kier alpha value is -3.09. The maximum Gasteiger partial charge on any atom is 0.250 e. The van der Waals surface area contributed by atoms with E-state index in [9.17, 15) is 9.90 Å². The van der Waals surface area contributed by atoms with Gasteiger partial charge in [0.1, 0.15) is 23.7 Å². The number of hydrogen-bond acceptors (Lipinski definition) is 5. The second kappa shape index (κ2) is 11.4. The molecular weight excluding hydrogens is 428 g/mol. The van der Waals surface area contributed by atoms with Crippen LogP contribution in [0, 0.1) is 6.92 Å². The predicted octanol–water partition coefficient (Wildman–Crippen LogP) is 4.03. The van der Waals surface area contributed by atoms with Crippen LogP contribution in [-0.2, 0) is 13.1 Å². The lowest BCUT2D eigenvalue weighted by Gasteiger charge is -2.39. The molecule has 0 amide bonds. The van der Waals surface area contributed by atoms with Gasteiger partial charge in [-0.15, -0.1) is 0 Å². The molecule has 3 aromatic rings. The number of aromatic nitrogens is 1. The van der Waals surface area contributed by atoms with Gasteiger partial charge in [-0.2, -0.15) is 0 Å². The number of ether oxygens (including phenoxy) is 2. The number of rotatable bonds is 10. The van der Waals surface area contributed by atoms with E-state index in [1.807, 2.05) is 61.7 Å². The molecule has 1 aromatic heterocycles. The van der Waals surface area contributed by atoms with Crippen LogP contribution in [0.4, 0.5) is 0 Å². The van der Waals surface area contributed by atoms with Crippen molar-refractivity contribution in [1.29, 1.82) is 0 Å². The minimum atomic E-state index is -0.837. The highest BCUT2D eigenvalue weighted by molar-refractivity contribution is 5.27. The van der Waals surface area contributed by atoms with Crippen LogP contribution in [0.1, 0.15) is 30.4 Å². The summed E-state index contributed by atoms with van der Waals surface area (Å²) in [6.45, 7) is 5.82. The fourth-order valence-electron chi connectivity index (χ4n) is 4.39. The lowest BCUT2D eigenvalue weighted by atomic mass is 9.93. The van der Waals surface area contributed by atoms with Gasteiger partial charge in [-0.1, -0.05) is 36.4 Å². The minimum Gasteiger partial charge on any atom is -0.494 e. The van der Waals surface area contributed by atoms with Gasteiger partial charge in [0.2, 0.25) is 0 Å². The lowest BCUT2D eigenvalue weighted by Crippen LogP contribution is -2.51. The number of para-hydroxylation sites is 1. The molecule has 0 spiro atoms. The smallest absolute Gasteiger partial charge is 0.250 e. The van der Waals surface area contributed by atoms with Crippen molar-refractivity contribution < 1.29 is 14.6 Å². The Balaban J connectivity index is 1.22. The molecule has 0 aliphatic carbocycles. The molecule has 34 heavy (non-hydrogen) atoms. The number of nitrogens with zero attached hydrogens (tertiary/aromatic N) is 2. The molecular formula is C28H34N2O4. The van der Waals surface area contributed by atoms with Gasteiger partial charge in [-0.3, -0.25) is 9.69 Å². The van der Waals surface area contributed by atoms with Gasteiger partial charge in [0.05, 0.1) is 6.61 Å². The Kier molecular flexibility index (Phi) is 8.03. The average molecular weight is 463 g/mol. The fourth-order valence-corrected chi connectivity index (χ4v) is 4.39. The van der Waals surface area contributed by atoms with Gasteiger partial charge in [0, 0.05) is 31.9 Å². The molecule has 0 saturated carbocycles. The fraction of sp³-hybridized carbons (Fsp3) is 0.393. The molecule has 6 nitrogen and oxygen atoms in total. The van der Waals surface area contributed by atoms with Gasteiger partial charge in [-0.25, -0.2) is 0 Å². The van der Waals surface area contributed by atoms with Crippen LogP contribution < -0.4 is 15.0 Å². The molecule has 2 aromatic carbocycles. The van der Waals surface area contributed by atoms with Crippen molar-refractivity contribution in [3.05, 3.63) is 94.4 Å². The number of likely N-dealkylation sites (tertiary alicyclic amines) is 1. The van der Waals surface area contributed by atoms with Crippen LogP contribution in [0.2, 0.25) is 0 Å². The normalized spacial score (nSPS) is 18.5. The summed E-state index contributed by atoms with van der Waals surface area (Å²) in [5.41, 5.74) is 1.45. The predicted molar refractivity (Wildman–Crippen MR) is 133 cm³/mol. The van der Waals surface area contributed by atoms with Crippen LogP contribution in [0.25, 0.3) is 0 Å². The molecule has 4 rings (SSSR count). The molecule has 1 saturated heterocycles. The topological polar surface area (TPSA) is 63.9 Å². The first-order valence-electron chi connectivity index (χ1n) is 12.0. The van der Waals surface area contributed by atoms with Crippen molar-refractivity contribution in [2.24, 2.45) is 0 Å². The maximum absolute atomic E-state index is 11.9. The quantitative estimate of drug-likeness (QED) is 0.461. The first-order valence-corrected chi connectivity index (χ1v) is 12.0. The Bertz CT molecular complexity index is 1100. The summed E-state index contributed by atoms with van der Waals surface area (Å²) in [4.78, 5) is 14.2. The number of piperidine rings is 1. The minimum absolute atomic E-state index is 0.0196. The Morgan fingerprint density at radius 3 is 2.53 bits per heavy atom. The highest BCUT2D eigenvalue weighted by Crippen LogP contribution is 2.24. The molecule has 1 atom stereocenters. The summed E-state index contributed by atoms with van der Waals surface area (Å²) in [5, 5.41) is 11.1. The summed E-state index contributed by atoms with van der Waals surface area (Å²) < 4.78 is 13.4. The van der Waals surface area contributed by atoms with Crippen molar-refractivity contribution in [1.82, 2.24) is 9.47 Å². The average Bonchev–Trinajstić information content (AvgIpc) is 2.84. The van der Waals surface area contributed by atoms with Crippen LogP contribution in [0.3, 0.4) is 0 Å². The molecule has 1 N–H and O–H groups in total. The van der Waals surface area contributed by atoms with E-state index < -0.39 is 5.60 Å². The van der Waals surface area contributed by atoms with Crippen LogP contribution in [0.5, 0.6) is 11.5 Å². The molecule has 6 heteroatoms. The van der Waals surface area contributed by atoms with E-state index in [2.05, 4.69) is 17.0 Å². The summed E-state index contributed by atoms with van der Waals surface area (Å²) in [7, 11) is 0. The van der Waals surface area contributed by atoms with E-state index in [4.69, 9.17) is 9.47 Å². The van der Waals surface area contributed by atoms with E-state index >= 15 is 0 Å². The molecule has 180 valence electrons. The monoisotopic (exact) mass is 462 g/mol. The highest BCUT2D eigenvalue weighted by Gasteiger charge is 2.34. The van der Waals surface area contributed by atoms with Gasteiger partial charge < -0.3 is 19.1 Å². The second-order valence-electron chi connectivity index (χ2n) is 9.22. The number of aliphatic hydroxyl groups is 1. The standard InChI is InChI=1S/C28H34N2O4/c1-23-9-14-27(31)30(19-23)17-6-18-33-26-12-10-24(11-13-26)20-29-16-5-15-28(32,21-29)22-34-25-7-3-2-4-8-25/h2-4,7-14,19,32H,5-6,15-18,20-22H2,1H3/t28-/m1/s1. The Morgan fingerprint density at radius 1 is 0.971 bits per heavy atom. The summed E-state index contributed by atoms with van der Waals surface area (Å²) in [6.07, 6.45) is 4.34. The zero-order chi connectivity index (χ0) is 23.8. The number of hydrogen-bond donors (Lipinski definition) is 1. The zero-order valence-electron chi connectivity index (χ0n) is 19.9. The van der Waals surface area contributed by atoms with Crippen molar-refractivity contribution in [3.8, 4) is 11.5 Å². The van der Waals surface area contributed by atoms with E-state index in [0.29, 0.717) is 26.3 Å². The molecule has 0 bridgehead atoms. The molecule has 0 unspecified atom stereocenters. The van der Waals surface area contributed by atoms with E-state index in [-0.39, 0.29) is 5.56 Å². The molecule has 1 fully saturated rings. The van der Waals surface area contributed by atoms with E-state index in [0.717, 1.165) is 49.4 Å². The summed E-state index contributed by atoms with van der Waals surface area (Å²) in [6, 6.07) is 21.2. The van der Waals surface area contributed by atoms with Crippen LogP contribution in [-0.4, -0.2) is 46.5 Å². The Labute approximate surface area is 201 Å². The lowest BCUT2D eigenvalue weighted by molar-refractivity contribution is -0.0621. The molecule has 0 radical (unpaired) electrons. The van der Waals surface area contributed by atoms with Crippen molar-refractivity contribution in [2.75, 3.05) is 26.3 Å².